The molecule has 0 radical (unpaired) electrons. The highest BCUT2D eigenvalue weighted by atomic mass is 32.2. The van der Waals surface area contributed by atoms with Gasteiger partial charge in [0.15, 0.2) is 9.84 Å². The number of hydrogen-bond acceptors (Lipinski definition) is 6. The highest BCUT2D eigenvalue weighted by Crippen LogP contribution is 2.61. The maximum absolute atomic E-state index is 13.5. The van der Waals surface area contributed by atoms with Crippen LogP contribution in [0.1, 0.15) is 49.1 Å². The number of rotatable bonds is 4. The molecule has 3 aliphatic carbocycles. The third kappa shape index (κ3) is 2.96. The molecule has 5 rings (SSSR count). The number of nitrogens with zero attached hydrogens (tertiary/aromatic N) is 1. The predicted octanol–water partition coefficient (Wildman–Crippen LogP) is 3.76. The second-order valence-corrected chi connectivity index (χ2v) is 11.4. The van der Waals surface area contributed by atoms with E-state index in [9.17, 15) is 23.3 Å². The molecule has 7 nitrogen and oxygen atoms in total. The molecule has 0 saturated heterocycles. The average molecular weight is 455 g/mol. The maximum atomic E-state index is 13.5. The van der Waals surface area contributed by atoms with E-state index in [1.54, 1.807) is 0 Å². The standard InChI is InChI=1S/C24H26N2O5S/c25-23(32(30,31)17-6-3-5-16(14-17)26(28)29)24-13-12-19-18-7-2-1-4-15(18)8-9-20(19)21(24)10-11-22(24)27/h1-7,14,19-21,23H,8-13,25H2/t19-,20-,21+,23?,24-/m1/s1. The summed E-state index contributed by atoms with van der Waals surface area (Å²) in [4.78, 5) is 23.6. The molecule has 32 heavy (non-hydrogen) atoms. The van der Waals surface area contributed by atoms with E-state index in [1.165, 1.54) is 29.3 Å². The van der Waals surface area contributed by atoms with Gasteiger partial charge in [-0.1, -0.05) is 30.3 Å². The summed E-state index contributed by atoms with van der Waals surface area (Å²) < 4.78 is 27.1. The molecule has 1 unspecified atom stereocenters. The summed E-state index contributed by atoms with van der Waals surface area (Å²) in [7, 11) is -4.14. The molecule has 3 aliphatic rings. The molecule has 2 fully saturated rings. The first-order chi connectivity index (χ1) is 15.3. The number of hydrogen-bond donors (Lipinski definition) is 1. The molecular weight excluding hydrogens is 428 g/mol. The van der Waals surface area contributed by atoms with Crippen LogP contribution in [0.3, 0.4) is 0 Å². The number of aryl methyl sites for hydroxylation is 1. The summed E-state index contributed by atoms with van der Waals surface area (Å²) in [5, 5.41) is 9.76. The lowest BCUT2D eigenvalue weighted by atomic mass is 9.55. The number of ketones is 1. The average Bonchev–Trinajstić information content (AvgIpc) is 3.15. The fourth-order valence-electron chi connectivity index (χ4n) is 6.74. The Morgan fingerprint density at radius 3 is 2.62 bits per heavy atom. The zero-order valence-electron chi connectivity index (χ0n) is 17.6. The lowest BCUT2D eigenvalue weighted by Gasteiger charge is -2.51. The van der Waals surface area contributed by atoms with Gasteiger partial charge >= 0.3 is 0 Å². The number of carbonyl (C=O) groups is 1. The van der Waals surface area contributed by atoms with E-state index in [1.807, 2.05) is 12.1 Å². The zero-order valence-corrected chi connectivity index (χ0v) is 18.5. The van der Waals surface area contributed by atoms with Gasteiger partial charge in [-0.05, 0) is 67.1 Å². The van der Waals surface area contributed by atoms with Crippen LogP contribution in [0.5, 0.6) is 0 Å². The minimum absolute atomic E-state index is 0.0682. The van der Waals surface area contributed by atoms with Gasteiger partial charge in [0.1, 0.15) is 11.2 Å². The lowest BCUT2D eigenvalue weighted by Crippen LogP contribution is -2.57. The Morgan fingerprint density at radius 2 is 1.84 bits per heavy atom. The summed E-state index contributed by atoms with van der Waals surface area (Å²) in [6, 6.07) is 13.4. The van der Waals surface area contributed by atoms with E-state index in [4.69, 9.17) is 5.73 Å². The van der Waals surface area contributed by atoms with Crippen LogP contribution >= 0.6 is 0 Å². The van der Waals surface area contributed by atoms with E-state index in [-0.39, 0.29) is 28.2 Å². The van der Waals surface area contributed by atoms with Crippen LogP contribution < -0.4 is 5.73 Å². The summed E-state index contributed by atoms with van der Waals surface area (Å²) in [5.74, 6) is 0.375. The lowest BCUT2D eigenvalue weighted by molar-refractivity contribution is -0.385. The molecular formula is C24H26N2O5S. The van der Waals surface area contributed by atoms with Crippen molar-refractivity contribution in [2.45, 2.75) is 54.7 Å². The minimum atomic E-state index is -4.14. The van der Waals surface area contributed by atoms with Crippen LogP contribution in [-0.2, 0) is 21.1 Å². The highest BCUT2D eigenvalue weighted by Gasteiger charge is 2.62. The van der Waals surface area contributed by atoms with Gasteiger partial charge in [-0.25, -0.2) is 8.42 Å². The Bertz CT molecular complexity index is 1210. The van der Waals surface area contributed by atoms with E-state index < -0.39 is 25.5 Å². The van der Waals surface area contributed by atoms with E-state index >= 15 is 0 Å². The van der Waals surface area contributed by atoms with Crippen LogP contribution in [0, 0.1) is 27.4 Å². The van der Waals surface area contributed by atoms with Gasteiger partial charge in [0.25, 0.3) is 5.69 Å². The first kappa shape index (κ1) is 21.3. The first-order valence-corrected chi connectivity index (χ1v) is 12.7. The van der Waals surface area contributed by atoms with Crippen molar-refractivity contribution < 1.29 is 18.1 Å². The molecule has 0 aliphatic heterocycles. The molecule has 2 aromatic carbocycles. The van der Waals surface area contributed by atoms with Crippen LogP contribution in [0.25, 0.3) is 0 Å². The van der Waals surface area contributed by atoms with Crippen molar-refractivity contribution >= 4 is 21.3 Å². The Labute approximate surface area is 187 Å². The second-order valence-electron chi connectivity index (χ2n) is 9.38. The van der Waals surface area contributed by atoms with Gasteiger partial charge in [0.05, 0.1) is 15.2 Å². The predicted molar refractivity (Wildman–Crippen MR) is 119 cm³/mol. The Morgan fingerprint density at radius 1 is 1.06 bits per heavy atom. The summed E-state index contributed by atoms with van der Waals surface area (Å²) in [5.41, 5.74) is 7.72. The van der Waals surface area contributed by atoms with Gasteiger partial charge < -0.3 is 5.73 Å². The van der Waals surface area contributed by atoms with E-state index in [0.717, 1.165) is 25.3 Å². The van der Waals surface area contributed by atoms with Crippen molar-refractivity contribution in [1.82, 2.24) is 0 Å². The first-order valence-electron chi connectivity index (χ1n) is 11.1. The number of non-ortho nitro benzene ring substituents is 1. The van der Waals surface area contributed by atoms with Gasteiger partial charge in [-0.15, -0.1) is 0 Å². The SMILES string of the molecule is NC([C@]12CC[C@@H]3c4ccccc4CC[C@H]3[C@@H]1CCC2=O)S(=O)(=O)c1cccc([N+](=O)[O-])c1. The van der Waals surface area contributed by atoms with Crippen molar-refractivity contribution in [3.63, 3.8) is 0 Å². The van der Waals surface area contributed by atoms with Crippen molar-refractivity contribution in [3.05, 3.63) is 69.8 Å². The molecule has 2 N–H and O–H groups in total. The highest BCUT2D eigenvalue weighted by molar-refractivity contribution is 7.92. The smallest absolute Gasteiger partial charge is 0.270 e. The zero-order chi connectivity index (χ0) is 22.7. The fourth-order valence-corrected chi connectivity index (χ4v) is 8.56. The summed E-state index contributed by atoms with van der Waals surface area (Å²) in [6.45, 7) is 0. The van der Waals surface area contributed by atoms with E-state index in [0.29, 0.717) is 25.2 Å². The number of carbonyl (C=O) groups excluding carboxylic acids is 1. The molecule has 168 valence electrons. The quantitative estimate of drug-likeness (QED) is 0.555. The number of nitro benzene ring substituents is 1. The van der Waals surface area contributed by atoms with Crippen LogP contribution in [0.15, 0.2) is 53.4 Å². The fraction of sp³-hybridized carbons (Fsp3) is 0.458. The topological polar surface area (TPSA) is 120 Å². The Hall–Kier alpha value is -2.58. The summed E-state index contributed by atoms with van der Waals surface area (Å²) in [6.07, 6.45) is 3.99. The monoisotopic (exact) mass is 454 g/mol. The number of fused-ring (bicyclic) bond motifs is 5. The molecule has 2 saturated carbocycles. The molecule has 0 aromatic heterocycles. The van der Waals surface area contributed by atoms with Gasteiger partial charge in [-0.2, -0.15) is 0 Å². The molecule has 0 amide bonds. The van der Waals surface area contributed by atoms with Gasteiger partial charge in [0, 0.05) is 18.6 Å². The van der Waals surface area contributed by atoms with Crippen molar-refractivity contribution in [1.29, 1.82) is 0 Å². The number of sulfone groups is 1. The Kier molecular flexibility index (Phi) is 4.98. The Balaban J connectivity index is 1.54. The molecule has 2 aromatic rings. The number of benzene rings is 2. The molecule has 0 bridgehead atoms. The number of nitro groups is 1. The van der Waals surface area contributed by atoms with Gasteiger partial charge in [0.2, 0.25) is 0 Å². The molecule has 0 spiro atoms. The van der Waals surface area contributed by atoms with Crippen molar-refractivity contribution in [2.75, 3.05) is 0 Å². The third-order valence-corrected chi connectivity index (χ3v) is 10.2. The second kappa shape index (κ2) is 7.49. The molecule has 8 heteroatoms. The molecule has 5 atom stereocenters. The van der Waals surface area contributed by atoms with Crippen molar-refractivity contribution in [3.8, 4) is 0 Å². The van der Waals surface area contributed by atoms with Crippen LogP contribution in [0.2, 0.25) is 0 Å². The van der Waals surface area contributed by atoms with Crippen molar-refractivity contribution in [2.24, 2.45) is 23.0 Å². The third-order valence-electron chi connectivity index (χ3n) is 8.17. The van der Waals surface area contributed by atoms with Crippen LogP contribution in [0.4, 0.5) is 5.69 Å². The number of nitrogens with two attached hydrogens (primary N) is 1. The normalized spacial score (nSPS) is 30.2. The maximum Gasteiger partial charge on any atom is 0.270 e. The van der Waals surface area contributed by atoms with Crippen LogP contribution in [-0.4, -0.2) is 24.5 Å². The largest absolute Gasteiger partial charge is 0.314 e. The summed E-state index contributed by atoms with van der Waals surface area (Å²) >= 11 is 0. The molecule has 0 heterocycles. The minimum Gasteiger partial charge on any atom is -0.314 e. The number of Topliss-reactive ketones (excluding diaryl/α,β-unsaturated/α-hetero) is 1. The van der Waals surface area contributed by atoms with Gasteiger partial charge in [-0.3, -0.25) is 14.9 Å². The van der Waals surface area contributed by atoms with E-state index in [2.05, 4.69) is 12.1 Å².